The SMILES string of the molecule is C.C.CC[C@@H](C)[C@H]1CC[C@H]2[C@@H]3CC[C@@H]4C[CH]CC[C@]4(C)[C@H]3CC[C@]12C.[HH].[Sn]. The first-order valence-corrected chi connectivity index (χ1v) is 10.8. The van der Waals surface area contributed by atoms with Crippen LogP contribution in [-0.4, -0.2) is 23.9 Å². The molecule has 0 amide bonds. The molecule has 0 aliphatic heterocycles. The molecule has 0 aromatic heterocycles. The molecule has 0 spiro atoms. The summed E-state index contributed by atoms with van der Waals surface area (Å²) in [5, 5.41) is 0. The van der Waals surface area contributed by atoms with E-state index < -0.39 is 0 Å². The van der Waals surface area contributed by atoms with Crippen molar-refractivity contribution in [1.29, 1.82) is 0 Å². The molecule has 8 atom stereocenters. The number of hydrogen-bond acceptors (Lipinski definition) is 0. The summed E-state index contributed by atoms with van der Waals surface area (Å²) in [5.74, 6) is 6.17. The minimum Gasteiger partial charge on any atom is -0.0776 e. The van der Waals surface area contributed by atoms with Crippen molar-refractivity contribution in [3.05, 3.63) is 6.42 Å². The first kappa shape index (κ1) is 24.8. The van der Waals surface area contributed by atoms with Gasteiger partial charge < -0.3 is 0 Å². The van der Waals surface area contributed by atoms with Crippen molar-refractivity contribution in [2.75, 3.05) is 0 Å². The third-order valence-corrected chi connectivity index (χ3v) is 9.81. The first-order chi connectivity index (χ1) is 11.0. The van der Waals surface area contributed by atoms with Crippen molar-refractivity contribution < 1.29 is 1.43 Å². The maximum Gasteiger partial charge on any atom is 0 e. The standard InChI is InChI=1S/C23H39.2CH4.Sn.H2/c1-5-16(2)19-11-12-20-18-10-9-17-8-6-7-14-22(17,3)21(18)13-15-23(19,20)4;;;;/h6,16-21H,5,7-15H2,1-4H3;2*1H4;;1H/t16-,17+,18+,19-,20+,21+,22+,23-;;;;/m1..../s1. The molecule has 26 heavy (non-hydrogen) atoms. The third-order valence-electron chi connectivity index (χ3n) is 9.81. The fraction of sp³-hybridized carbons (Fsp3) is 0.960. The minimum atomic E-state index is 0. The van der Waals surface area contributed by atoms with E-state index in [2.05, 4.69) is 34.1 Å². The number of hydrogen-bond donors (Lipinski definition) is 0. The van der Waals surface area contributed by atoms with Crippen molar-refractivity contribution in [2.45, 2.75) is 107 Å². The van der Waals surface area contributed by atoms with Gasteiger partial charge in [0, 0.05) is 25.3 Å². The smallest absolute Gasteiger partial charge is 0 e. The Kier molecular flexibility index (Phi) is 8.67. The van der Waals surface area contributed by atoms with Gasteiger partial charge in [0.05, 0.1) is 0 Å². The summed E-state index contributed by atoms with van der Waals surface area (Å²) >= 11 is 0. The van der Waals surface area contributed by atoms with Crippen LogP contribution < -0.4 is 0 Å². The zero-order chi connectivity index (χ0) is 16.2. The molecule has 4 fully saturated rings. The van der Waals surface area contributed by atoms with Crippen molar-refractivity contribution >= 4 is 23.9 Å². The van der Waals surface area contributed by atoms with Crippen LogP contribution in [0.5, 0.6) is 0 Å². The van der Waals surface area contributed by atoms with Gasteiger partial charge in [0.25, 0.3) is 0 Å². The Morgan fingerprint density at radius 2 is 1.65 bits per heavy atom. The van der Waals surface area contributed by atoms with Gasteiger partial charge in [-0.25, -0.2) is 0 Å². The Hall–Kier alpha value is 0.799. The molecule has 0 N–H and O–H groups in total. The summed E-state index contributed by atoms with van der Waals surface area (Å²) in [6.07, 6.45) is 17.6. The summed E-state index contributed by atoms with van der Waals surface area (Å²) in [4.78, 5) is 0. The summed E-state index contributed by atoms with van der Waals surface area (Å²) in [7, 11) is 0. The Balaban J connectivity index is 0.00000169. The molecule has 0 bridgehead atoms. The maximum absolute atomic E-state index is 2.71. The Bertz CT molecular complexity index is 452. The summed E-state index contributed by atoms with van der Waals surface area (Å²) < 4.78 is 0. The second kappa shape index (κ2) is 9.08. The van der Waals surface area contributed by atoms with E-state index in [-0.39, 0.29) is 40.2 Å². The van der Waals surface area contributed by atoms with Crippen LogP contribution in [0.3, 0.4) is 0 Å². The van der Waals surface area contributed by atoms with E-state index in [0.717, 1.165) is 35.5 Å². The molecule has 4 saturated carbocycles. The molecular weight excluding hydrogens is 419 g/mol. The van der Waals surface area contributed by atoms with Gasteiger partial charge in [-0.2, -0.15) is 0 Å². The fourth-order valence-electron chi connectivity index (χ4n) is 8.30. The van der Waals surface area contributed by atoms with E-state index in [1.165, 1.54) is 38.5 Å². The molecular formula is C25H49Sn. The van der Waals surface area contributed by atoms with E-state index in [1.807, 2.05) is 0 Å². The zero-order valence-corrected chi connectivity index (χ0v) is 19.5. The average Bonchev–Trinajstić information content (AvgIpc) is 2.91. The molecule has 4 aliphatic carbocycles. The van der Waals surface area contributed by atoms with E-state index in [1.54, 1.807) is 25.7 Å². The molecule has 0 saturated heterocycles. The largest absolute Gasteiger partial charge is 0.0776 e. The average molecular weight is 468 g/mol. The monoisotopic (exact) mass is 469 g/mol. The minimum absolute atomic E-state index is 0. The molecule has 4 rings (SSSR count). The van der Waals surface area contributed by atoms with E-state index in [0.29, 0.717) is 10.8 Å². The molecule has 0 heterocycles. The van der Waals surface area contributed by atoms with Crippen LogP contribution in [-0.2, 0) is 0 Å². The first-order valence-electron chi connectivity index (χ1n) is 10.8. The van der Waals surface area contributed by atoms with E-state index >= 15 is 0 Å². The Morgan fingerprint density at radius 1 is 0.962 bits per heavy atom. The van der Waals surface area contributed by atoms with Crippen LogP contribution in [0.1, 0.15) is 108 Å². The molecule has 1 heteroatoms. The van der Waals surface area contributed by atoms with Crippen molar-refractivity contribution in [3.8, 4) is 0 Å². The number of rotatable bonds is 2. The maximum atomic E-state index is 2.71. The van der Waals surface area contributed by atoms with Gasteiger partial charge in [-0.15, -0.1) is 0 Å². The van der Waals surface area contributed by atoms with Gasteiger partial charge in [-0.1, -0.05) is 49.0 Å². The van der Waals surface area contributed by atoms with Crippen LogP contribution in [0.25, 0.3) is 0 Å². The molecule has 4 aliphatic rings. The van der Waals surface area contributed by atoms with Crippen LogP contribution in [0.15, 0.2) is 0 Å². The third kappa shape index (κ3) is 3.56. The van der Waals surface area contributed by atoms with Gasteiger partial charge in [-0.3, -0.25) is 0 Å². The van der Waals surface area contributed by atoms with Crippen molar-refractivity contribution in [3.63, 3.8) is 0 Å². The quantitative estimate of drug-likeness (QED) is 0.360. The predicted octanol–water partition coefficient (Wildman–Crippen LogP) is 8.03. The van der Waals surface area contributed by atoms with Crippen LogP contribution in [0.4, 0.5) is 0 Å². The van der Waals surface area contributed by atoms with Crippen molar-refractivity contribution in [1.82, 2.24) is 0 Å². The molecule has 0 aromatic rings. The second-order valence-electron chi connectivity index (χ2n) is 10.3. The molecule has 0 nitrogen and oxygen atoms in total. The zero-order valence-electron chi connectivity index (χ0n) is 16.6. The fourth-order valence-corrected chi connectivity index (χ4v) is 8.30. The van der Waals surface area contributed by atoms with E-state index in [4.69, 9.17) is 0 Å². The Labute approximate surface area is 184 Å². The molecule has 153 valence electrons. The van der Waals surface area contributed by atoms with Gasteiger partial charge >= 0.3 is 0 Å². The van der Waals surface area contributed by atoms with Gasteiger partial charge in [0.15, 0.2) is 0 Å². The summed E-state index contributed by atoms with van der Waals surface area (Å²) in [5.41, 5.74) is 1.37. The molecule has 5 radical (unpaired) electrons. The Morgan fingerprint density at radius 3 is 2.35 bits per heavy atom. The van der Waals surface area contributed by atoms with Crippen LogP contribution in [0, 0.1) is 52.8 Å². The summed E-state index contributed by atoms with van der Waals surface area (Å²) in [6, 6.07) is 0. The molecule has 0 aromatic carbocycles. The van der Waals surface area contributed by atoms with E-state index in [9.17, 15) is 0 Å². The van der Waals surface area contributed by atoms with Crippen LogP contribution in [0.2, 0.25) is 0 Å². The second-order valence-corrected chi connectivity index (χ2v) is 10.3. The van der Waals surface area contributed by atoms with Gasteiger partial charge in [0.1, 0.15) is 0 Å². The van der Waals surface area contributed by atoms with Crippen molar-refractivity contribution in [2.24, 2.45) is 46.3 Å². The summed E-state index contributed by atoms with van der Waals surface area (Å²) in [6.45, 7) is 10.4. The topological polar surface area (TPSA) is 0 Å². The van der Waals surface area contributed by atoms with Gasteiger partial charge in [0.2, 0.25) is 0 Å². The van der Waals surface area contributed by atoms with Crippen LogP contribution >= 0.6 is 0 Å². The normalized spacial score (nSPS) is 47.8. The molecule has 0 unspecified atom stereocenters. The predicted molar refractivity (Wildman–Crippen MR) is 120 cm³/mol. The number of fused-ring (bicyclic) bond motifs is 5. The van der Waals surface area contributed by atoms with Gasteiger partial charge in [-0.05, 0) is 111 Å².